The zero-order valence-corrected chi connectivity index (χ0v) is 17.6. The number of rotatable bonds is 6. The Morgan fingerprint density at radius 3 is 2.73 bits per heavy atom. The lowest BCUT2D eigenvalue weighted by Gasteiger charge is -2.35. The summed E-state index contributed by atoms with van der Waals surface area (Å²) in [5, 5.41) is 10.1. The van der Waals surface area contributed by atoms with Gasteiger partial charge in [0.15, 0.2) is 5.96 Å². The Morgan fingerprint density at radius 2 is 2.10 bits per heavy atom. The van der Waals surface area contributed by atoms with Crippen molar-refractivity contribution in [2.24, 2.45) is 12.0 Å². The lowest BCUT2D eigenvalue weighted by molar-refractivity contribution is -0.120. The molecule has 1 fully saturated rings. The van der Waals surface area contributed by atoms with E-state index in [0.717, 1.165) is 11.3 Å². The Bertz CT molecular complexity index is 906. The fourth-order valence-electron chi connectivity index (χ4n) is 3.11. The normalized spacial score (nSPS) is 14.8. The van der Waals surface area contributed by atoms with Crippen LogP contribution in [0.1, 0.15) is 18.9 Å². The van der Waals surface area contributed by atoms with E-state index in [1.54, 1.807) is 28.0 Å². The average Bonchev–Trinajstić information content (AvgIpc) is 3.15. The Hall–Kier alpha value is -3.43. The molecule has 10 heteroatoms. The van der Waals surface area contributed by atoms with Crippen LogP contribution in [0.15, 0.2) is 35.7 Å². The molecule has 2 aromatic rings. The Morgan fingerprint density at radius 1 is 1.27 bits per heavy atom. The number of aliphatic imine (C=N–C) groups is 1. The minimum absolute atomic E-state index is 0.0111. The van der Waals surface area contributed by atoms with Crippen LogP contribution < -0.4 is 15.5 Å². The lowest BCUT2D eigenvalue weighted by Crippen LogP contribution is -2.55. The molecule has 2 N–H and O–H groups in total. The number of hydrogen-bond acceptors (Lipinski definition) is 5. The van der Waals surface area contributed by atoms with Gasteiger partial charge in [0, 0.05) is 45.5 Å². The zero-order chi connectivity index (χ0) is 21.5. The molecule has 1 aliphatic heterocycles. The summed E-state index contributed by atoms with van der Waals surface area (Å²) in [6, 6.07) is 3.67. The maximum Gasteiger partial charge on any atom is 0.246 e. The first-order chi connectivity index (χ1) is 14.5. The van der Waals surface area contributed by atoms with E-state index in [1.165, 1.54) is 0 Å². The number of aryl methyl sites for hydroxylation is 2. The maximum atomic E-state index is 12.6. The topological polar surface area (TPSA) is 108 Å². The monoisotopic (exact) mass is 412 g/mol. The number of nitrogens with one attached hydrogen (secondary N) is 2. The summed E-state index contributed by atoms with van der Waals surface area (Å²) >= 11 is 0. The maximum absolute atomic E-state index is 12.6. The van der Waals surface area contributed by atoms with Gasteiger partial charge < -0.3 is 20.4 Å². The van der Waals surface area contributed by atoms with Gasteiger partial charge in [0.25, 0.3) is 0 Å². The lowest BCUT2D eigenvalue weighted by atomic mass is 10.3. The van der Waals surface area contributed by atoms with Crippen molar-refractivity contribution in [3.63, 3.8) is 0 Å². The third-order valence-corrected chi connectivity index (χ3v) is 4.64. The van der Waals surface area contributed by atoms with Crippen LogP contribution in [0.5, 0.6) is 0 Å². The van der Waals surface area contributed by atoms with E-state index < -0.39 is 0 Å². The summed E-state index contributed by atoms with van der Waals surface area (Å²) in [6.45, 7) is 6.32. The van der Waals surface area contributed by atoms with Gasteiger partial charge >= 0.3 is 0 Å². The van der Waals surface area contributed by atoms with Gasteiger partial charge in [-0.1, -0.05) is 6.07 Å². The Balaban J connectivity index is 1.54. The van der Waals surface area contributed by atoms with Crippen LogP contribution in [0.4, 0.5) is 11.5 Å². The first-order valence-electron chi connectivity index (χ1n) is 10.0. The third-order valence-electron chi connectivity index (χ3n) is 4.64. The molecular formula is C20H28N8O2. The van der Waals surface area contributed by atoms with Gasteiger partial charge in [0.1, 0.15) is 12.4 Å². The SMILES string of the molecule is CCNC(=NCCC(=O)Nc1ccc(C)cn1)N1CCN(c2cnn(C)c2)C(=O)C1. The summed E-state index contributed by atoms with van der Waals surface area (Å²) in [5.41, 5.74) is 1.83. The minimum atomic E-state index is -0.150. The van der Waals surface area contributed by atoms with Gasteiger partial charge in [0.2, 0.25) is 11.8 Å². The van der Waals surface area contributed by atoms with E-state index in [4.69, 9.17) is 0 Å². The molecular weight excluding hydrogens is 384 g/mol. The Kier molecular flexibility index (Phi) is 6.99. The second-order valence-electron chi connectivity index (χ2n) is 7.09. The second-order valence-corrected chi connectivity index (χ2v) is 7.09. The third kappa shape index (κ3) is 5.56. The van der Waals surface area contributed by atoms with E-state index >= 15 is 0 Å². The highest BCUT2D eigenvalue weighted by Gasteiger charge is 2.27. The molecule has 1 saturated heterocycles. The predicted molar refractivity (Wildman–Crippen MR) is 115 cm³/mol. The smallest absolute Gasteiger partial charge is 0.246 e. The van der Waals surface area contributed by atoms with Crippen LogP contribution in [-0.4, -0.2) is 70.2 Å². The number of piperazine rings is 1. The van der Waals surface area contributed by atoms with Crippen LogP contribution in [0.3, 0.4) is 0 Å². The van der Waals surface area contributed by atoms with Crippen LogP contribution in [0.25, 0.3) is 0 Å². The summed E-state index contributed by atoms with van der Waals surface area (Å²) in [7, 11) is 1.82. The number of anilines is 2. The number of aromatic nitrogens is 3. The van der Waals surface area contributed by atoms with E-state index in [0.29, 0.717) is 38.0 Å². The molecule has 0 unspecified atom stereocenters. The molecule has 0 aromatic carbocycles. The summed E-state index contributed by atoms with van der Waals surface area (Å²) in [5.74, 6) is 1.00. The fraction of sp³-hybridized carbons (Fsp3) is 0.450. The highest BCUT2D eigenvalue weighted by molar-refractivity contribution is 5.98. The molecule has 0 aliphatic carbocycles. The van der Waals surface area contributed by atoms with Crippen molar-refractivity contribution in [3.05, 3.63) is 36.3 Å². The molecule has 3 rings (SSSR count). The summed E-state index contributed by atoms with van der Waals surface area (Å²) in [6.07, 6.45) is 5.45. The van der Waals surface area contributed by atoms with Crippen molar-refractivity contribution >= 4 is 29.3 Å². The van der Waals surface area contributed by atoms with Crippen molar-refractivity contribution in [1.29, 1.82) is 0 Å². The van der Waals surface area contributed by atoms with E-state index in [1.807, 2.05) is 38.1 Å². The van der Waals surface area contributed by atoms with Crippen molar-refractivity contribution in [2.75, 3.05) is 42.9 Å². The van der Waals surface area contributed by atoms with Crippen molar-refractivity contribution in [2.45, 2.75) is 20.3 Å². The highest BCUT2D eigenvalue weighted by atomic mass is 16.2. The molecule has 3 heterocycles. The number of amides is 2. The van der Waals surface area contributed by atoms with Crippen LogP contribution in [0.2, 0.25) is 0 Å². The van der Waals surface area contributed by atoms with Crippen molar-refractivity contribution in [3.8, 4) is 0 Å². The molecule has 2 aromatic heterocycles. The molecule has 0 radical (unpaired) electrons. The predicted octanol–water partition coefficient (Wildman–Crippen LogP) is 0.766. The van der Waals surface area contributed by atoms with Gasteiger partial charge in [-0.3, -0.25) is 19.3 Å². The zero-order valence-electron chi connectivity index (χ0n) is 17.6. The average molecular weight is 412 g/mol. The molecule has 160 valence electrons. The standard InChI is InChI=1S/C20H28N8O2/c1-4-21-20(22-8-7-18(29)25-17-6-5-15(2)11-23-17)27-9-10-28(19(30)14-27)16-12-24-26(3)13-16/h5-6,11-13H,4,7-10,14H2,1-3H3,(H,21,22)(H,23,25,29). The van der Waals surface area contributed by atoms with Gasteiger partial charge in [0.05, 0.1) is 18.4 Å². The van der Waals surface area contributed by atoms with Crippen LogP contribution in [0, 0.1) is 6.92 Å². The van der Waals surface area contributed by atoms with Gasteiger partial charge in [-0.25, -0.2) is 4.98 Å². The summed E-state index contributed by atoms with van der Waals surface area (Å²) in [4.78, 5) is 37.1. The molecule has 2 amide bonds. The number of pyridine rings is 1. The quantitative estimate of drug-likeness (QED) is 0.536. The van der Waals surface area contributed by atoms with E-state index in [9.17, 15) is 9.59 Å². The van der Waals surface area contributed by atoms with Gasteiger partial charge in [-0.15, -0.1) is 0 Å². The van der Waals surface area contributed by atoms with Crippen molar-refractivity contribution < 1.29 is 9.59 Å². The Labute approximate surface area is 176 Å². The van der Waals surface area contributed by atoms with Crippen LogP contribution in [-0.2, 0) is 16.6 Å². The number of hydrogen-bond donors (Lipinski definition) is 2. The van der Waals surface area contributed by atoms with E-state index in [-0.39, 0.29) is 24.8 Å². The molecule has 30 heavy (non-hydrogen) atoms. The molecule has 0 saturated carbocycles. The number of carbonyl (C=O) groups excluding carboxylic acids is 2. The first-order valence-corrected chi connectivity index (χ1v) is 10.0. The first kappa shape index (κ1) is 21.3. The van der Waals surface area contributed by atoms with Gasteiger partial charge in [-0.2, -0.15) is 5.10 Å². The highest BCUT2D eigenvalue weighted by Crippen LogP contribution is 2.16. The van der Waals surface area contributed by atoms with E-state index in [2.05, 4.69) is 25.7 Å². The number of nitrogens with zero attached hydrogens (tertiary/aromatic N) is 6. The number of carbonyl (C=O) groups is 2. The minimum Gasteiger partial charge on any atom is -0.357 e. The molecule has 10 nitrogen and oxygen atoms in total. The second kappa shape index (κ2) is 9.86. The molecule has 0 spiro atoms. The number of guanidine groups is 1. The molecule has 1 aliphatic rings. The summed E-state index contributed by atoms with van der Waals surface area (Å²) < 4.78 is 1.68. The van der Waals surface area contributed by atoms with Gasteiger partial charge in [-0.05, 0) is 25.5 Å². The largest absolute Gasteiger partial charge is 0.357 e. The van der Waals surface area contributed by atoms with Crippen LogP contribution >= 0.6 is 0 Å². The molecule has 0 bridgehead atoms. The van der Waals surface area contributed by atoms with Crippen molar-refractivity contribution in [1.82, 2.24) is 25.0 Å². The fourth-order valence-corrected chi connectivity index (χ4v) is 3.11. The molecule has 0 atom stereocenters.